The molecule has 0 unspecified atom stereocenters. The first kappa shape index (κ1) is 20.5. The van der Waals surface area contributed by atoms with E-state index in [-0.39, 0.29) is 18.6 Å². The minimum absolute atomic E-state index is 0.0163. The van der Waals surface area contributed by atoms with E-state index in [0.29, 0.717) is 0 Å². The molecule has 0 aromatic carbocycles. The van der Waals surface area contributed by atoms with Crippen LogP contribution in [-0.4, -0.2) is 65.1 Å². The van der Waals surface area contributed by atoms with Crippen molar-refractivity contribution in [3.63, 3.8) is 0 Å². The quantitative estimate of drug-likeness (QED) is 0.761. The number of thiophene rings is 1. The molecule has 6 nitrogen and oxygen atoms in total. The number of aryl methyl sites for hydroxylation is 1. The number of hydrogen-bond acceptors (Lipinski definition) is 6. The molecule has 1 aliphatic carbocycles. The van der Waals surface area contributed by atoms with E-state index >= 15 is 0 Å². The van der Waals surface area contributed by atoms with Crippen molar-refractivity contribution in [2.24, 2.45) is 0 Å². The molecule has 2 aromatic heterocycles. The number of amides is 1. The van der Waals surface area contributed by atoms with Gasteiger partial charge in [0.2, 0.25) is 5.91 Å². The Morgan fingerprint density at radius 3 is 2.72 bits per heavy atom. The second-order valence-corrected chi connectivity index (χ2v) is 9.00. The molecule has 0 bridgehead atoms. The predicted molar refractivity (Wildman–Crippen MR) is 116 cm³/mol. The van der Waals surface area contributed by atoms with E-state index in [1.807, 2.05) is 18.3 Å². The third-order valence-corrected chi connectivity index (χ3v) is 7.15. The number of carbonyl (C=O) groups excluding carboxylic acids is 1. The monoisotopic (exact) mass is 414 g/mol. The van der Waals surface area contributed by atoms with Crippen molar-refractivity contribution in [3.05, 3.63) is 46.1 Å². The Morgan fingerprint density at radius 1 is 1.24 bits per heavy atom. The number of anilines is 1. The number of fused-ring (bicyclic) bond motifs is 1. The van der Waals surface area contributed by atoms with Gasteiger partial charge in [-0.1, -0.05) is 6.07 Å². The van der Waals surface area contributed by atoms with E-state index in [0.717, 1.165) is 56.3 Å². The number of β-amino-alcohol motifs (C(OH)–C–C–N with tert-alkyl or cyclic N) is 1. The molecule has 2 aromatic rings. The second-order valence-electron chi connectivity index (χ2n) is 7.89. The lowest BCUT2D eigenvalue weighted by molar-refractivity contribution is -0.114. The molecule has 1 atom stereocenters. The van der Waals surface area contributed by atoms with Crippen LogP contribution in [0.25, 0.3) is 0 Å². The van der Waals surface area contributed by atoms with Crippen LogP contribution in [0.2, 0.25) is 0 Å². The van der Waals surface area contributed by atoms with Gasteiger partial charge in [-0.3, -0.25) is 19.6 Å². The molecular weight excluding hydrogens is 384 g/mol. The van der Waals surface area contributed by atoms with Crippen LogP contribution in [0.1, 0.15) is 47.5 Å². The van der Waals surface area contributed by atoms with Gasteiger partial charge in [0.1, 0.15) is 5.00 Å². The number of aromatic nitrogens is 1. The fourth-order valence-electron chi connectivity index (χ4n) is 4.57. The summed E-state index contributed by atoms with van der Waals surface area (Å²) in [6, 6.07) is 6.16. The second kappa shape index (κ2) is 9.34. The van der Waals surface area contributed by atoms with E-state index in [1.54, 1.807) is 18.3 Å². The highest BCUT2D eigenvalue weighted by atomic mass is 32.1. The Hall–Kier alpha value is -1.80. The van der Waals surface area contributed by atoms with E-state index in [9.17, 15) is 9.90 Å². The minimum Gasteiger partial charge on any atom is -0.395 e. The molecular formula is C22H30N4O2S. The van der Waals surface area contributed by atoms with Crippen LogP contribution in [0.3, 0.4) is 0 Å². The molecule has 2 aliphatic rings. The zero-order valence-corrected chi connectivity index (χ0v) is 17.9. The highest BCUT2D eigenvalue weighted by molar-refractivity contribution is 7.16. The summed E-state index contributed by atoms with van der Waals surface area (Å²) >= 11 is 1.76. The lowest BCUT2D eigenvalue weighted by Gasteiger charge is -2.39. The third kappa shape index (κ3) is 4.53. The highest BCUT2D eigenvalue weighted by Gasteiger charge is 2.34. The fourth-order valence-corrected chi connectivity index (χ4v) is 5.94. The van der Waals surface area contributed by atoms with Crippen LogP contribution in [0, 0.1) is 0 Å². The van der Waals surface area contributed by atoms with E-state index in [4.69, 9.17) is 4.98 Å². The maximum Gasteiger partial charge on any atom is 0.221 e. The lowest BCUT2D eigenvalue weighted by atomic mass is 9.90. The van der Waals surface area contributed by atoms with Crippen LogP contribution in [0.4, 0.5) is 5.00 Å². The molecule has 1 aliphatic heterocycles. The average Bonchev–Trinajstić information content (AvgIpc) is 3.08. The summed E-state index contributed by atoms with van der Waals surface area (Å²) in [4.78, 5) is 22.9. The first-order valence-corrected chi connectivity index (χ1v) is 11.4. The summed E-state index contributed by atoms with van der Waals surface area (Å²) < 4.78 is 0. The van der Waals surface area contributed by atoms with Gasteiger partial charge in [0.25, 0.3) is 0 Å². The van der Waals surface area contributed by atoms with Gasteiger partial charge < -0.3 is 10.4 Å². The lowest BCUT2D eigenvalue weighted by Crippen LogP contribution is -2.48. The van der Waals surface area contributed by atoms with Crippen LogP contribution in [0.15, 0.2) is 24.4 Å². The molecule has 1 amide bonds. The largest absolute Gasteiger partial charge is 0.395 e. The summed E-state index contributed by atoms with van der Waals surface area (Å²) in [5, 5.41) is 13.4. The summed E-state index contributed by atoms with van der Waals surface area (Å²) in [5.41, 5.74) is 3.73. The van der Waals surface area contributed by atoms with Gasteiger partial charge in [-0.25, -0.2) is 0 Å². The Labute approximate surface area is 176 Å². The Kier molecular flexibility index (Phi) is 6.60. The van der Waals surface area contributed by atoms with E-state index < -0.39 is 0 Å². The minimum atomic E-state index is -0.0163. The van der Waals surface area contributed by atoms with Gasteiger partial charge in [-0.2, -0.15) is 0 Å². The van der Waals surface area contributed by atoms with Gasteiger partial charge in [-0.05, 0) is 43.4 Å². The molecule has 1 fully saturated rings. The number of rotatable bonds is 6. The molecule has 3 heterocycles. The zero-order valence-electron chi connectivity index (χ0n) is 17.1. The van der Waals surface area contributed by atoms with E-state index in [1.165, 1.54) is 28.8 Å². The third-order valence-electron chi connectivity index (χ3n) is 5.93. The first-order chi connectivity index (χ1) is 14.2. The van der Waals surface area contributed by atoms with Crippen LogP contribution >= 0.6 is 11.3 Å². The molecule has 0 radical (unpaired) electrons. The van der Waals surface area contributed by atoms with Crippen molar-refractivity contribution in [2.45, 2.75) is 38.6 Å². The van der Waals surface area contributed by atoms with Crippen LogP contribution in [-0.2, 0) is 17.6 Å². The van der Waals surface area contributed by atoms with Crippen LogP contribution < -0.4 is 5.32 Å². The van der Waals surface area contributed by atoms with Gasteiger partial charge >= 0.3 is 0 Å². The number of nitrogens with one attached hydrogen (secondary N) is 1. The number of aliphatic hydroxyl groups is 1. The van der Waals surface area contributed by atoms with Gasteiger partial charge in [0, 0.05) is 56.3 Å². The zero-order chi connectivity index (χ0) is 20.2. The predicted octanol–water partition coefficient (Wildman–Crippen LogP) is 2.68. The summed E-state index contributed by atoms with van der Waals surface area (Å²) in [6.07, 6.45) is 6.47. The number of piperazine rings is 1. The number of aliphatic hydroxyl groups excluding tert-OH is 1. The number of carbonyl (C=O) groups is 1. The van der Waals surface area contributed by atoms with E-state index in [2.05, 4.69) is 21.2 Å². The molecule has 0 spiro atoms. The van der Waals surface area contributed by atoms with Gasteiger partial charge in [-0.15, -0.1) is 11.3 Å². The molecule has 4 rings (SSSR count). The summed E-state index contributed by atoms with van der Waals surface area (Å²) in [7, 11) is 0. The molecule has 156 valence electrons. The van der Waals surface area contributed by atoms with Gasteiger partial charge in [0.15, 0.2) is 0 Å². The Morgan fingerprint density at radius 2 is 2.03 bits per heavy atom. The van der Waals surface area contributed by atoms with Crippen molar-refractivity contribution in [3.8, 4) is 0 Å². The highest BCUT2D eigenvalue weighted by Crippen LogP contribution is 2.45. The smallest absolute Gasteiger partial charge is 0.221 e. The van der Waals surface area contributed by atoms with Crippen molar-refractivity contribution in [2.75, 3.05) is 44.6 Å². The molecule has 0 saturated carbocycles. The Bertz CT molecular complexity index is 831. The topological polar surface area (TPSA) is 68.7 Å². The van der Waals surface area contributed by atoms with Crippen molar-refractivity contribution in [1.29, 1.82) is 0 Å². The maximum atomic E-state index is 12.0. The fraction of sp³-hybridized carbons (Fsp3) is 0.545. The van der Waals surface area contributed by atoms with Crippen LogP contribution in [0.5, 0.6) is 0 Å². The maximum absolute atomic E-state index is 12.0. The van der Waals surface area contributed by atoms with Crippen molar-refractivity contribution in [1.82, 2.24) is 14.8 Å². The summed E-state index contributed by atoms with van der Waals surface area (Å²) in [6.45, 7) is 6.24. The van der Waals surface area contributed by atoms with Crippen molar-refractivity contribution < 1.29 is 9.90 Å². The summed E-state index contributed by atoms with van der Waals surface area (Å²) in [5.74, 6) is -0.0163. The van der Waals surface area contributed by atoms with Gasteiger partial charge in [0.05, 0.1) is 18.3 Å². The molecule has 7 heteroatoms. The number of nitrogens with zero attached hydrogens (tertiary/aromatic N) is 3. The molecule has 1 saturated heterocycles. The molecule has 29 heavy (non-hydrogen) atoms. The normalized spacial score (nSPS) is 19.0. The number of pyridine rings is 1. The Balaban J connectivity index is 1.74. The van der Waals surface area contributed by atoms with Crippen molar-refractivity contribution >= 4 is 22.2 Å². The first-order valence-electron chi connectivity index (χ1n) is 10.6. The molecule has 2 N–H and O–H groups in total. The number of hydrogen-bond donors (Lipinski definition) is 2. The SMILES string of the molecule is CC(=O)Nc1sc2c(c1[C@H](c1ccccn1)N1CCN(CCO)CC1)CCCC2. The average molecular weight is 415 g/mol. The standard InChI is InChI=1S/C22H30N4O2S/c1-16(28)24-22-20(17-6-2-3-8-19(17)29-22)21(18-7-4-5-9-23-18)26-12-10-25(11-13-26)14-15-27/h4-5,7,9,21,27H,2-3,6,8,10-15H2,1H3,(H,24,28)/t21-/m0/s1.